The predicted octanol–water partition coefficient (Wildman–Crippen LogP) is 0.796. The lowest BCUT2D eigenvalue weighted by Gasteiger charge is -2.14. The van der Waals surface area contributed by atoms with Gasteiger partial charge in [0.25, 0.3) is 0 Å². The van der Waals surface area contributed by atoms with Crippen molar-refractivity contribution in [1.82, 2.24) is 20.1 Å². The first kappa shape index (κ1) is 13.1. The molecule has 1 aromatic heterocycles. The summed E-state index contributed by atoms with van der Waals surface area (Å²) in [5, 5.41) is 16.4. The molecule has 1 rings (SSSR count). The van der Waals surface area contributed by atoms with Crippen LogP contribution in [-0.4, -0.2) is 33.0 Å². The van der Waals surface area contributed by atoms with Gasteiger partial charge in [-0.1, -0.05) is 13.3 Å². The molecule has 0 saturated carbocycles. The van der Waals surface area contributed by atoms with E-state index in [0.29, 0.717) is 5.92 Å². The Balaban J connectivity index is 2.29. The largest absolute Gasteiger partial charge is 0.396 e. The molecule has 1 aromatic rings. The molecule has 0 spiro atoms. The molecule has 16 heavy (non-hydrogen) atoms. The summed E-state index contributed by atoms with van der Waals surface area (Å²) in [5.41, 5.74) is 0. The first-order chi connectivity index (χ1) is 7.81. The predicted molar refractivity (Wildman–Crippen MR) is 62.9 cm³/mol. The van der Waals surface area contributed by atoms with Crippen molar-refractivity contribution in [2.75, 3.05) is 13.2 Å². The van der Waals surface area contributed by atoms with Crippen LogP contribution < -0.4 is 5.32 Å². The van der Waals surface area contributed by atoms with Crippen LogP contribution in [0.1, 0.15) is 32.5 Å². The number of nitrogens with one attached hydrogen (secondary N) is 1. The Hall–Kier alpha value is -0.940. The molecule has 1 unspecified atom stereocenters. The van der Waals surface area contributed by atoms with Gasteiger partial charge >= 0.3 is 0 Å². The van der Waals surface area contributed by atoms with Crippen LogP contribution in [0, 0.1) is 5.92 Å². The molecule has 0 radical (unpaired) electrons. The molecule has 0 saturated heterocycles. The number of aromatic nitrogens is 3. The van der Waals surface area contributed by atoms with Crippen LogP contribution in [0.15, 0.2) is 6.33 Å². The molecule has 0 fully saturated rings. The summed E-state index contributed by atoms with van der Waals surface area (Å²) in [5.74, 6) is 1.52. The normalized spacial score (nSPS) is 12.9. The summed E-state index contributed by atoms with van der Waals surface area (Å²) in [7, 11) is 0. The number of hydrogen-bond acceptors (Lipinski definition) is 4. The van der Waals surface area contributed by atoms with Crippen LogP contribution in [0.3, 0.4) is 0 Å². The van der Waals surface area contributed by atoms with Crippen molar-refractivity contribution in [3.63, 3.8) is 0 Å². The van der Waals surface area contributed by atoms with E-state index in [1.165, 1.54) is 0 Å². The lowest BCUT2D eigenvalue weighted by molar-refractivity contribution is 0.251. The summed E-state index contributed by atoms with van der Waals surface area (Å²) in [6, 6.07) is 0. The number of aliphatic hydroxyl groups is 1. The Labute approximate surface area is 96.9 Å². The smallest absolute Gasteiger partial charge is 0.140 e. The SMILES string of the molecule is CCC(CCO)CNCc1ncnn1CC. The van der Waals surface area contributed by atoms with Crippen LogP contribution in [0.5, 0.6) is 0 Å². The van der Waals surface area contributed by atoms with Crippen molar-refractivity contribution in [3.8, 4) is 0 Å². The second-order valence-electron chi connectivity index (χ2n) is 3.91. The quantitative estimate of drug-likeness (QED) is 0.688. The maximum absolute atomic E-state index is 8.88. The number of hydrogen-bond donors (Lipinski definition) is 2. The fourth-order valence-corrected chi connectivity index (χ4v) is 1.71. The molecule has 0 amide bonds. The van der Waals surface area contributed by atoms with E-state index in [0.717, 1.165) is 38.3 Å². The van der Waals surface area contributed by atoms with Crippen molar-refractivity contribution >= 4 is 0 Å². The molecule has 1 atom stereocenters. The molecular weight excluding hydrogens is 204 g/mol. The highest BCUT2D eigenvalue weighted by Gasteiger charge is 2.06. The maximum atomic E-state index is 8.88. The van der Waals surface area contributed by atoms with Gasteiger partial charge in [-0.3, -0.25) is 0 Å². The summed E-state index contributed by atoms with van der Waals surface area (Å²) < 4.78 is 1.89. The van der Waals surface area contributed by atoms with E-state index in [1.807, 2.05) is 4.68 Å². The maximum Gasteiger partial charge on any atom is 0.140 e. The highest BCUT2D eigenvalue weighted by Crippen LogP contribution is 2.05. The van der Waals surface area contributed by atoms with Gasteiger partial charge in [0, 0.05) is 13.2 Å². The van der Waals surface area contributed by atoms with Crippen LogP contribution >= 0.6 is 0 Å². The van der Waals surface area contributed by atoms with Crippen molar-refractivity contribution in [3.05, 3.63) is 12.2 Å². The van der Waals surface area contributed by atoms with Crippen molar-refractivity contribution in [1.29, 1.82) is 0 Å². The van der Waals surface area contributed by atoms with Gasteiger partial charge in [0.05, 0.1) is 6.54 Å². The van der Waals surface area contributed by atoms with Crippen molar-refractivity contribution in [2.24, 2.45) is 5.92 Å². The molecule has 0 aliphatic carbocycles. The van der Waals surface area contributed by atoms with E-state index in [9.17, 15) is 0 Å². The van der Waals surface area contributed by atoms with Gasteiger partial charge in [0.2, 0.25) is 0 Å². The van der Waals surface area contributed by atoms with Gasteiger partial charge in [-0.05, 0) is 25.8 Å². The number of aliphatic hydroxyl groups excluding tert-OH is 1. The van der Waals surface area contributed by atoms with Gasteiger partial charge in [0.1, 0.15) is 12.2 Å². The Morgan fingerprint density at radius 1 is 1.50 bits per heavy atom. The van der Waals surface area contributed by atoms with Crippen LogP contribution in [0.2, 0.25) is 0 Å². The molecule has 5 heteroatoms. The van der Waals surface area contributed by atoms with E-state index in [-0.39, 0.29) is 6.61 Å². The zero-order valence-corrected chi connectivity index (χ0v) is 10.2. The standard InChI is InChI=1S/C11H22N4O/c1-3-10(5-6-16)7-12-8-11-13-9-14-15(11)4-2/h9-10,12,16H,3-8H2,1-2H3. The Bertz CT molecular complexity index is 287. The van der Waals surface area contributed by atoms with Gasteiger partial charge in [-0.15, -0.1) is 0 Å². The first-order valence-corrected chi connectivity index (χ1v) is 6.00. The van der Waals surface area contributed by atoms with Gasteiger partial charge in [-0.25, -0.2) is 9.67 Å². The molecule has 1 heterocycles. The molecule has 0 aromatic carbocycles. The Kier molecular flexibility index (Phi) is 6.03. The molecule has 92 valence electrons. The third-order valence-corrected chi connectivity index (χ3v) is 2.83. The summed E-state index contributed by atoms with van der Waals surface area (Å²) >= 11 is 0. The number of aryl methyl sites for hydroxylation is 1. The van der Waals surface area contributed by atoms with Gasteiger partial charge < -0.3 is 10.4 Å². The van der Waals surface area contributed by atoms with E-state index >= 15 is 0 Å². The summed E-state index contributed by atoms with van der Waals surface area (Å²) in [4.78, 5) is 4.20. The van der Waals surface area contributed by atoms with Gasteiger partial charge in [0.15, 0.2) is 0 Å². The summed E-state index contributed by atoms with van der Waals surface area (Å²) in [6.45, 7) is 6.99. The fraction of sp³-hybridized carbons (Fsp3) is 0.818. The Morgan fingerprint density at radius 3 is 2.94 bits per heavy atom. The van der Waals surface area contributed by atoms with Gasteiger partial charge in [-0.2, -0.15) is 5.10 Å². The average Bonchev–Trinajstić information content (AvgIpc) is 2.75. The monoisotopic (exact) mass is 226 g/mol. The number of rotatable bonds is 8. The minimum absolute atomic E-state index is 0.269. The average molecular weight is 226 g/mol. The minimum atomic E-state index is 0.269. The molecular formula is C11H22N4O. The van der Waals surface area contributed by atoms with Crippen molar-refractivity contribution < 1.29 is 5.11 Å². The molecule has 0 bridgehead atoms. The topological polar surface area (TPSA) is 63.0 Å². The zero-order chi connectivity index (χ0) is 11.8. The number of nitrogens with zero attached hydrogens (tertiary/aromatic N) is 3. The zero-order valence-electron chi connectivity index (χ0n) is 10.2. The van der Waals surface area contributed by atoms with E-state index in [4.69, 9.17) is 5.11 Å². The Morgan fingerprint density at radius 2 is 2.31 bits per heavy atom. The van der Waals surface area contributed by atoms with Crippen molar-refractivity contribution in [2.45, 2.75) is 39.8 Å². The molecule has 0 aliphatic heterocycles. The highest BCUT2D eigenvalue weighted by atomic mass is 16.3. The second kappa shape index (κ2) is 7.35. The van der Waals surface area contributed by atoms with Crippen LogP contribution in [-0.2, 0) is 13.1 Å². The lowest BCUT2D eigenvalue weighted by atomic mass is 10.0. The third-order valence-electron chi connectivity index (χ3n) is 2.83. The molecule has 5 nitrogen and oxygen atoms in total. The minimum Gasteiger partial charge on any atom is -0.396 e. The second-order valence-corrected chi connectivity index (χ2v) is 3.91. The highest BCUT2D eigenvalue weighted by molar-refractivity contribution is 4.83. The van der Waals surface area contributed by atoms with E-state index < -0.39 is 0 Å². The van der Waals surface area contributed by atoms with E-state index in [1.54, 1.807) is 6.33 Å². The lowest BCUT2D eigenvalue weighted by Crippen LogP contribution is -2.24. The van der Waals surface area contributed by atoms with E-state index in [2.05, 4.69) is 29.2 Å². The first-order valence-electron chi connectivity index (χ1n) is 6.00. The summed E-state index contributed by atoms with van der Waals surface area (Å²) in [6.07, 6.45) is 3.55. The molecule has 2 N–H and O–H groups in total. The third kappa shape index (κ3) is 3.90. The van der Waals surface area contributed by atoms with Crippen LogP contribution in [0.4, 0.5) is 0 Å². The molecule has 0 aliphatic rings. The van der Waals surface area contributed by atoms with Crippen LogP contribution in [0.25, 0.3) is 0 Å². The fourth-order valence-electron chi connectivity index (χ4n) is 1.71.